The third kappa shape index (κ3) is 6.02. The van der Waals surface area contributed by atoms with Gasteiger partial charge < -0.3 is 15.8 Å². The van der Waals surface area contributed by atoms with Crippen LogP contribution in [-0.4, -0.2) is 49.0 Å². The first kappa shape index (κ1) is 20.2. The summed E-state index contributed by atoms with van der Waals surface area (Å²) in [5.74, 6) is 1.04. The SMILES string of the molecule is CC1CCN(C(CNC(=O)c2cccc(OCC(N)=O)c2)C(C)C)CC1. The largest absolute Gasteiger partial charge is 0.484 e. The molecule has 1 unspecified atom stereocenters. The van der Waals surface area contributed by atoms with Gasteiger partial charge in [0, 0.05) is 18.2 Å². The summed E-state index contributed by atoms with van der Waals surface area (Å²) in [5.41, 5.74) is 5.59. The van der Waals surface area contributed by atoms with Crippen molar-refractivity contribution in [2.45, 2.75) is 39.7 Å². The Kier molecular flexibility index (Phi) is 7.45. The molecule has 2 rings (SSSR count). The monoisotopic (exact) mass is 361 g/mol. The predicted octanol–water partition coefficient (Wildman–Crippen LogP) is 2.04. The molecule has 1 heterocycles. The van der Waals surface area contributed by atoms with Crippen molar-refractivity contribution in [3.05, 3.63) is 29.8 Å². The Bertz CT molecular complexity index is 610. The molecule has 0 spiro atoms. The van der Waals surface area contributed by atoms with Crippen molar-refractivity contribution in [3.8, 4) is 5.75 Å². The van der Waals surface area contributed by atoms with Gasteiger partial charge in [-0.15, -0.1) is 0 Å². The van der Waals surface area contributed by atoms with E-state index in [-0.39, 0.29) is 12.5 Å². The molecule has 1 aromatic carbocycles. The van der Waals surface area contributed by atoms with Gasteiger partial charge in [0.15, 0.2) is 6.61 Å². The number of hydrogen-bond donors (Lipinski definition) is 2. The summed E-state index contributed by atoms with van der Waals surface area (Å²) in [7, 11) is 0. The van der Waals surface area contributed by atoms with Gasteiger partial charge in [-0.3, -0.25) is 14.5 Å². The third-order valence-electron chi connectivity index (χ3n) is 5.01. The molecule has 6 heteroatoms. The molecule has 0 bridgehead atoms. The number of likely N-dealkylation sites (tertiary alicyclic amines) is 1. The molecule has 1 aliphatic heterocycles. The Hall–Kier alpha value is -2.08. The minimum atomic E-state index is -0.546. The van der Waals surface area contributed by atoms with Gasteiger partial charge in [-0.2, -0.15) is 0 Å². The summed E-state index contributed by atoms with van der Waals surface area (Å²) in [5, 5.41) is 3.05. The van der Waals surface area contributed by atoms with Gasteiger partial charge in [0.25, 0.3) is 11.8 Å². The second-order valence-electron chi connectivity index (χ2n) is 7.52. The number of piperidine rings is 1. The maximum atomic E-state index is 12.5. The first-order chi connectivity index (χ1) is 12.4. The summed E-state index contributed by atoms with van der Waals surface area (Å²) in [4.78, 5) is 25.8. The van der Waals surface area contributed by atoms with Crippen LogP contribution >= 0.6 is 0 Å². The number of hydrogen-bond acceptors (Lipinski definition) is 4. The molecule has 2 amide bonds. The number of amides is 2. The topological polar surface area (TPSA) is 84.7 Å². The Morgan fingerprint density at radius 3 is 2.62 bits per heavy atom. The molecule has 0 aliphatic carbocycles. The Morgan fingerprint density at radius 1 is 1.31 bits per heavy atom. The van der Waals surface area contributed by atoms with Gasteiger partial charge in [0.2, 0.25) is 0 Å². The van der Waals surface area contributed by atoms with Crippen LogP contribution in [0.5, 0.6) is 5.75 Å². The second kappa shape index (κ2) is 9.57. The molecule has 1 saturated heterocycles. The fourth-order valence-electron chi connectivity index (χ4n) is 3.33. The summed E-state index contributed by atoms with van der Waals surface area (Å²) in [6.07, 6.45) is 2.44. The van der Waals surface area contributed by atoms with Gasteiger partial charge in [-0.1, -0.05) is 26.8 Å². The van der Waals surface area contributed by atoms with Crippen molar-refractivity contribution in [2.75, 3.05) is 26.2 Å². The van der Waals surface area contributed by atoms with Crippen molar-refractivity contribution >= 4 is 11.8 Å². The van der Waals surface area contributed by atoms with Crippen LogP contribution in [0, 0.1) is 11.8 Å². The standard InChI is InChI=1S/C20H31N3O3/c1-14(2)18(23-9-7-15(3)8-10-23)12-22-20(25)16-5-4-6-17(11-16)26-13-19(21)24/h4-6,11,14-15,18H,7-10,12-13H2,1-3H3,(H2,21,24)(H,22,25). The van der Waals surface area contributed by atoms with Crippen LogP contribution in [-0.2, 0) is 4.79 Å². The average Bonchev–Trinajstić information content (AvgIpc) is 2.61. The molecule has 0 radical (unpaired) electrons. The summed E-state index contributed by atoms with van der Waals surface area (Å²) >= 11 is 0. The second-order valence-corrected chi connectivity index (χ2v) is 7.52. The van der Waals surface area contributed by atoms with Crippen molar-refractivity contribution in [3.63, 3.8) is 0 Å². The highest BCUT2D eigenvalue weighted by molar-refractivity contribution is 5.94. The van der Waals surface area contributed by atoms with Crippen molar-refractivity contribution in [1.82, 2.24) is 10.2 Å². The highest BCUT2D eigenvalue weighted by Gasteiger charge is 2.26. The number of nitrogens with one attached hydrogen (secondary N) is 1. The molecule has 3 N–H and O–H groups in total. The maximum absolute atomic E-state index is 12.5. The fourth-order valence-corrected chi connectivity index (χ4v) is 3.33. The van der Waals surface area contributed by atoms with Crippen LogP contribution in [0.2, 0.25) is 0 Å². The minimum absolute atomic E-state index is 0.134. The van der Waals surface area contributed by atoms with Gasteiger partial charge in [0.05, 0.1) is 0 Å². The van der Waals surface area contributed by atoms with Gasteiger partial charge >= 0.3 is 0 Å². The summed E-state index contributed by atoms with van der Waals surface area (Å²) in [6, 6.07) is 7.13. The maximum Gasteiger partial charge on any atom is 0.255 e. The van der Waals surface area contributed by atoms with E-state index in [1.54, 1.807) is 24.3 Å². The first-order valence-corrected chi connectivity index (χ1v) is 9.40. The van der Waals surface area contributed by atoms with Crippen molar-refractivity contribution in [1.29, 1.82) is 0 Å². The lowest BCUT2D eigenvalue weighted by atomic mass is 9.94. The molecular weight excluding hydrogens is 330 g/mol. The molecule has 1 aliphatic rings. The lowest BCUT2D eigenvalue weighted by Crippen LogP contribution is -2.49. The van der Waals surface area contributed by atoms with Gasteiger partial charge in [-0.25, -0.2) is 0 Å². The van der Waals surface area contributed by atoms with E-state index in [1.807, 2.05) is 0 Å². The smallest absolute Gasteiger partial charge is 0.255 e. The first-order valence-electron chi connectivity index (χ1n) is 9.40. The number of carbonyl (C=O) groups excluding carboxylic acids is 2. The molecule has 26 heavy (non-hydrogen) atoms. The lowest BCUT2D eigenvalue weighted by Gasteiger charge is -2.38. The average molecular weight is 361 g/mol. The van der Waals surface area contributed by atoms with E-state index in [2.05, 4.69) is 31.0 Å². The van der Waals surface area contributed by atoms with Crippen LogP contribution < -0.4 is 15.8 Å². The van der Waals surface area contributed by atoms with E-state index in [4.69, 9.17) is 10.5 Å². The molecule has 0 aromatic heterocycles. The number of carbonyl (C=O) groups is 2. The fraction of sp³-hybridized carbons (Fsp3) is 0.600. The van der Waals surface area contributed by atoms with E-state index in [0.717, 1.165) is 19.0 Å². The highest BCUT2D eigenvalue weighted by atomic mass is 16.5. The molecular formula is C20H31N3O3. The van der Waals surface area contributed by atoms with E-state index in [1.165, 1.54) is 12.8 Å². The van der Waals surface area contributed by atoms with Gasteiger partial charge in [-0.05, 0) is 56.0 Å². The minimum Gasteiger partial charge on any atom is -0.484 e. The Morgan fingerprint density at radius 2 is 2.00 bits per heavy atom. The van der Waals surface area contributed by atoms with E-state index in [0.29, 0.717) is 29.8 Å². The van der Waals surface area contributed by atoms with Crippen molar-refractivity contribution < 1.29 is 14.3 Å². The number of ether oxygens (including phenoxy) is 1. The van der Waals surface area contributed by atoms with Crippen LogP contribution in [0.4, 0.5) is 0 Å². The predicted molar refractivity (Wildman–Crippen MR) is 102 cm³/mol. The van der Waals surface area contributed by atoms with E-state index in [9.17, 15) is 9.59 Å². The lowest BCUT2D eigenvalue weighted by molar-refractivity contribution is -0.119. The van der Waals surface area contributed by atoms with Crippen molar-refractivity contribution in [2.24, 2.45) is 17.6 Å². The summed E-state index contributed by atoms with van der Waals surface area (Å²) in [6.45, 7) is 9.31. The number of primary amides is 1. The van der Waals surface area contributed by atoms with Crippen LogP contribution in [0.1, 0.15) is 44.0 Å². The molecule has 0 saturated carbocycles. The molecule has 144 valence electrons. The normalized spacial score (nSPS) is 17.1. The summed E-state index contributed by atoms with van der Waals surface area (Å²) < 4.78 is 5.26. The number of benzene rings is 1. The van der Waals surface area contributed by atoms with Crippen LogP contribution in [0.25, 0.3) is 0 Å². The van der Waals surface area contributed by atoms with Crippen LogP contribution in [0.3, 0.4) is 0 Å². The molecule has 1 fully saturated rings. The highest BCUT2D eigenvalue weighted by Crippen LogP contribution is 2.21. The van der Waals surface area contributed by atoms with E-state index >= 15 is 0 Å². The quantitative estimate of drug-likeness (QED) is 0.742. The Balaban J connectivity index is 1.93. The number of nitrogens with zero attached hydrogens (tertiary/aromatic N) is 1. The number of nitrogens with two attached hydrogens (primary N) is 1. The third-order valence-corrected chi connectivity index (χ3v) is 5.01. The van der Waals surface area contributed by atoms with Gasteiger partial charge in [0.1, 0.15) is 5.75 Å². The zero-order valence-electron chi connectivity index (χ0n) is 16.0. The molecule has 1 atom stereocenters. The zero-order chi connectivity index (χ0) is 19.1. The number of rotatable bonds is 8. The Labute approximate surface area is 156 Å². The van der Waals surface area contributed by atoms with E-state index < -0.39 is 5.91 Å². The van der Waals surface area contributed by atoms with Crippen LogP contribution in [0.15, 0.2) is 24.3 Å². The zero-order valence-corrected chi connectivity index (χ0v) is 16.0. The molecule has 6 nitrogen and oxygen atoms in total. The molecule has 1 aromatic rings.